The number of para-hydroxylation sites is 1. The van der Waals surface area contributed by atoms with Gasteiger partial charge in [0.2, 0.25) is 0 Å². The lowest BCUT2D eigenvalue weighted by Crippen LogP contribution is -2.28. The first-order chi connectivity index (χ1) is 9.79. The van der Waals surface area contributed by atoms with Gasteiger partial charge in [0.05, 0.1) is 6.61 Å². The molecule has 108 valence electrons. The van der Waals surface area contributed by atoms with Gasteiger partial charge in [-0.1, -0.05) is 18.2 Å². The Morgan fingerprint density at radius 2 is 2.05 bits per heavy atom. The van der Waals surface area contributed by atoms with Crippen LogP contribution in [-0.2, 0) is 13.5 Å². The molecule has 4 nitrogen and oxygen atoms in total. The third kappa shape index (κ3) is 4.38. The Morgan fingerprint density at radius 3 is 2.70 bits per heavy atom. The smallest absolute Gasteiger partial charge is 0.119 e. The zero-order valence-corrected chi connectivity index (χ0v) is 12.2. The summed E-state index contributed by atoms with van der Waals surface area (Å²) in [5, 5.41) is 3.35. The number of hydrogen-bond donors (Lipinski definition) is 1. The molecule has 0 fully saturated rings. The summed E-state index contributed by atoms with van der Waals surface area (Å²) in [5.74, 6) is 2.07. The van der Waals surface area contributed by atoms with Gasteiger partial charge in [-0.05, 0) is 32.0 Å². The lowest BCUT2D eigenvalue weighted by Gasteiger charge is -2.16. The van der Waals surface area contributed by atoms with Crippen LogP contribution >= 0.6 is 0 Å². The van der Waals surface area contributed by atoms with E-state index in [1.807, 2.05) is 56.8 Å². The summed E-state index contributed by atoms with van der Waals surface area (Å²) in [7, 11) is 4.04. The maximum Gasteiger partial charge on any atom is 0.119 e. The molecule has 1 heterocycles. The molecule has 0 saturated carbocycles. The zero-order valence-electron chi connectivity index (χ0n) is 12.2. The molecule has 1 aromatic carbocycles. The van der Waals surface area contributed by atoms with Crippen LogP contribution in [0.2, 0.25) is 0 Å². The second-order valence-electron chi connectivity index (χ2n) is 4.93. The summed E-state index contributed by atoms with van der Waals surface area (Å²) < 4.78 is 7.81. The number of imidazole rings is 1. The van der Waals surface area contributed by atoms with Crippen molar-refractivity contribution in [2.45, 2.75) is 25.3 Å². The van der Waals surface area contributed by atoms with Crippen molar-refractivity contribution in [1.82, 2.24) is 14.9 Å². The highest BCUT2D eigenvalue weighted by molar-refractivity contribution is 5.20. The molecule has 1 aromatic heterocycles. The molecule has 1 atom stereocenters. The monoisotopic (exact) mass is 273 g/mol. The van der Waals surface area contributed by atoms with Crippen LogP contribution < -0.4 is 10.1 Å². The molecule has 0 aliphatic rings. The molecular weight excluding hydrogens is 250 g/mol. The van der Waals surface area contributed by atoms with Crippen LogP contribution in [0.1, 0.15) is 18.7 Å². The van der Waals surface area contributed by atoms with Crippen LogP contribution in [0.3, 0.4) is 0 Å². The number of nitrogens with one attached hydrogen (secondary N) is 1. The lowest BCUT2D eigenvalue weighted by molar-refractivity contribution is 0.284. The Hall–Kier alpha value is -1.81. The number of hydrogen-bond acceptors (Lipinski definition) is 3. The van der Waals surface area contributed by atoms with E-state index in [2.05, 4.69) is 14.9 Å². The minimum absolute atomic E-state index is 0.454. The molecule has 2 rings (SSSR count). The largest absolute Gasteiger partial charge is 0.494 e. The van der Waals surface area contributed by atoms with Crippen molar-refractivity contribution in [3.63, 3.8) is 0 Å². The maximum atomic E-state index is 5.74. The van der Waals surface area contributed by atoms with E-state index in [0.29, 0.717) is 6.04 Å². The second kappa shape index (κ2) is 7.70. The molecule has 20 heavy (non-hydrogen) atoms. The average Bonchev–Trinajstić information content (AvgIpc) is 2.89. The number of benzene rings is 1. The van der Waals surface area contributed by atoms with E-state index >= 15 is 0 Å². The quantitative estimate of drug-likeness (QED) is 0.803. The first kappa shape index (κ1) is 14.6. The van der Waals surface area contributed by atoms with Gasteiger partial charge in [0.25, 0.3) is 0 Å². The van der Waals surface area contributed by atoms with E-state index in [4.69, 9.17) is 4.74 Å². The SMILES string of the molecule is CNC(CCOc1ccccc1)CCc1nccn1C. The second-order valence-corrected chi connectivity index (χ2v) is 4.93. The Bertz CT molecular complexity index is 495. The van der Waals surface area contributed by atoms with Crippen LogP contribution in [0.4, 0.5) is 0 Å². The van der Waals surface area contributed by atoms with Crippen molar-refractivity contribution >= 4 is 0 Å². The van der Waals surface area contributed by atoms with Crippen molar-refractivity contribution in [3.05, 3.63) is 48.5 Å². The molecule has 0 bridgehead atoms. The van der Waals surface area contributed by atoms with E-state index in [-0.39, 0.29) is 0 Å². The topological polar surface area (TPSA) is 39.1 Å². The summed E-state index contributed by atoms with van der Waals surface area (Å²) in [6.07, 6.45) is 6.89. The first-order valence-electron chi connectivity index (χ1n) is 7.11. The van der Waals surface area contributed by atoms with E-state index in [1.54, 1.807) is 0 Å². The van der Waals surface area contributed by atoms with Gasteiger partial charge in [-0.25, -0.2) is 4.98 Å². The fourth-order valence-corrected chi connectivity index (χ4v) is 2.21. The summed E-state index contributed by atoms with van der Waals surface area (Å²) in [5.41, 5.74) is 0. The third-order valence-electron chi connectivity index (χ3n) is 3.52. The van der Waals surface area contributed by atoms with Crippen molar-refractivity contribution < 1.29 is 4.74 Å². The molecule has 4 heteroatoms. The van der Waals surface area contributed by atoms with Crippen LogP contribution in [0.25, 0.3) is 0 Å². The van der Waals surface area contributed by atoms with Crippen molar-refractivity contribution in [1.29, 1.82) is 0 Å². The van der Waals surface area contributed by atoms with Gasteiger partial charge >= 0.3 is 0 Å². The Balaban J connectivity index is 1.71. The number of aromatic nitrogens is 2. The minimum Gasteiger partial charge on any atom is -0.494 e. The molecule has 0 amide bonds. The molecule has 0 radical (unpaired) electrons. The van der Waals surface area contributed by atoms with Crippen LogP contribution in [0, 0.1) is 0 Å². The highest BCUT2D eigenvalue weighted by atomic mass is 16.5. The Kier molecular flexibility index (Phi) is 5.62. The van der Waals surface area contributed by atoms with Crippen molar-refractivity contribution in [3.8, 4) is 5.75 Å². The highest BCUT2D eigenvalue weighted by Crippen LogP contribution is 2.10. The summed E-state index contributed by atoms with van der Waals surface area (Å²) >= 11 is 0. The first-order valence-corrected chi connectivity index (χ1v) is 7.11. The number of ether oxygens (including phenoxy) is 1. The minimum atomic E-state index is 0.454. The molecule has 0 aliphatic heterocycles. The fraction of sp³-hybridized carbons (Fsp3) is 0.438. The predicted octanol–water partition coefficient (Wildman–Crippen LogP) is 2.41. The van der Waals surface area contributed by atoms with Crippen molar-refractivity contribution in [2.24, 2.45) is 7.05 Å². The van der Waals surface area contributed by atoms with E-state index in [9.17, 15) is 0 Å². The van der Waals surface area contributed by atoms with Crippen molar-refractivity contribution in [2.75, 3.05) is 13.7 Å². The molecule has 0 spiro atoms. The van der Waals surface area contributed by atoms with Gasteiger partial charge in [0.15, 0.2) is 0 Å². The Morgan fingerprint density at radius 1 is 1.25 bits per heavy atom. The maximum absolute atomic E-state index is 5.74. The normalized spacial score (nSPS) is 12.3. The average molecular weight is 273 g/mol. The Labute approximate surface area is 120 Å². The summed E-state index contributed by atoms with van der Waals surface area (Å²) in [6.45, 7) is 0.732. The fourth-order valence-electron chi connectivity index (χ4n) is 2.21. The molecule has 0 saturated heterocycles. The van der Waals surface area contributed by atoms with E-state index in [0.717, 1.165) is 37.4 Å². The van der Waals surface area contributed by atoms with Gasteiger partial charge in [-0.3, -0.25) is 0 Å². The molecular formula is C16H23N3O. The zero-order chi connectivity index (χ0) is 14.2. The number of rotatable bonds is 8. The van der Waals surface area contributed by atoms with E-state index in [1.165, 1.54) is 0 Å². The van der Waals surface area contributed by atoms with Gasteiger partial charge in [0, 0.05) is 31.9 Å². The van der Waals surface area contributed by atoms with Gasteiger partial charge in [-0.2, -0.15) is 0 Å². The predicted molar refractivity (Wildman–Crippen MR) is 80.9 cm³/mol. The van der Waals surface area contributed by atoms with Gasteiger partial charge < -0.3 is 14.6 Å². The molecule has 0 aliphatic carbocycles. The van der Waals surface area contributed by atoms with Gasteiger partial charge in [0.1, 0.15) is 11.6 Å². The van der Waals surface area contributed by atoms with Crippen LogP contribution in [-0.4, -0.2) is 29.2 Å². The number of nitrogens with zero attached hydrogens (tertiary/aromatic N) is 2. The van der Waals surface area contributed by atoms with E-state index < -0.39 is 0 Å². The third-order valence-corrected chi connectivity index (χ3v) is 3.52. The van der Waals surface area contributed by atoms with Crippen LogP contribution in [0.15, 0.2) is 42.7 Å². The summed E-state index contributed by atoms with van der Waals surface area (Å²) in [4.78, 5) is 4.35. The van der Waals surface area contributed by atoms with Gasteiger partial charge in [-0.15, -0.1) is 0 Å². The molecule has 1 unspecified atom stereocenters. The standard InChI is InChI=1S/C16H23N3O/c1-17-14(8-9-16-18-11-12-19(16)2)10-13-20-15-6-4-3-5-7-15/h3-7,11-12,14,17H,8-10,13H2,1-2H3. The number of aryl methyl sites for hydroxylation is 2. The highest BCUT2D eigenvalue weighted by Gasteiger charge is 2.08. The van der Waals surface area contributed by atoms with Crippen LogP contribution in [0.5, 0.6) is 5.75 Å². The molecule has 1 N–H and O–H groups in total. The summed E-state index contributed by atoms with van der Waals surface area (Å²) in [6, 6.07) is 10.4. The lowest BCUT2D eigenvalue weighted by atomic mass is 10.1. The molecule has 2 aromatic rings.